The van der Waals surface area contributed by atoms with Crippen LogP contribution in [-0.4, -0.2) is 39.1 Å². The molecule has 2 rings (SSSR count). The Hall–Kier alpha value is -2.38. The van der Waals surface area contributed by atoms with E-state index in [1.807, 2.05) is 19.1 Å². The molecule has 0 radical (unpaired) electrons. The van der Waals surface area contributed by atoms with Crippen LogP contribution in [0.3, 0.4) is 0 Å². The van der Waals surface area contributed by atoms with E-state index < -0.39 is 10.0 Å². The summed E-state index contributed by atoms with van der Waals surface area (Å²) in [5.74, 6) is -0.251. The Morgan fingerprint density at radius 2 is 1.73 bits per heavy atom. The number of sulfonamides is 1. The standard InChI is InChI=1S/C19H24N2O4S/c1-16-8-10-17(11-9-16)21(14-12-19(23)20-13-5-15-22)26(24,25)18-6-3-2-4-7-18/h2-4,6-11,22H,5,12-15H2,1H3,(H,20,23). The second-order valence-electron chi connectivity index (χ2n) is 5.90. The largest absolute Gasteiger partial charge is 0.396 e. The van der Waals surface area contributed by atoms with Gasteiger partial charge in [-0.25, -0.2) is 8.42 Å². The van der Waals surface area contributed by atoms with Gasteiger partial charge in [-0.15, -0.1) is 0 Å². The summed E-state index contributed by atoms with van der Waals surface area (Å²) >= 11 is 0. The highest BCUT2D eigenvalue weighted by molar-refractivity contribution is 7.92. The third-order valence-electron chi connectivity index (χ3n) is 3.85. The van der Waals surface area contributed by atoms with Crippen LogP contribution < -0.4 is 9.62 Å². The summed E-state index contributed by atoms with van der Waals surface area (Å²) in [5, 5.41) is 11.4. The number of aliphatic hydroxyl groups excluding tert-OH is 1. The van der Waals surface area contributed by atoms with Crippen molar-refractivity contribution in [3.8, 4) is 0 Å². The Morgan fingerprint density at radius 1 is 1.08 bits per heavy atom. The summed E-state index contributed by atoms with van der Waals surface area (Å²) in [7, 11) is -3.77. The molecule has 0 aliphatic rings. The first kappa shape index (κ1) is 19.9. The van der Waals surface area contributed by atoms with Crippen molar-refractivity contribution in [2.75, 3.05) is 24.0 Å². The van der Waals surface area contributed by atoms with E-state index in [2.05, 4.69) is 5.32 Å². The first-order valence-corrected chi connectivity index (χ1v) is 9.91. The second kappa shape index (κ2) is 9.35. The summed E-state index contributed by atoms with van der Waals surface area (Å²) in [4.78, 5) is 12.1. The van der Waals surface area contributed by atoms with Crippen LogP contribution in [0, 0.1) is 6.92 Å². The number of anilines is 1. The molecule has 0 bridgehead atoms. The third-order valence-corrected chi connectivity index (χ3v) is 5.69. The van der Waals surface area contributed by atoms with Crippen molar-refractivity contribution >= 4 is 21.6 Å². The maximum absolute atomic E-state index is 13.1. The number of carbonyl (C=O) groups excluding carboxylic acids is 1. The molecule has 2 N–H and O–H groups in total. The van der Waals surface area contributed by atoms with Gasteiger partial charge >= 0.3 is 0 Å². The average molecular weight is 376 g/mol. The third kappa shape index (κ3) is 5.31. The van der Waals surface area contributed by atoms with E-state index in [4.69, 9.17) is 5.11 Å². The minimum atomic E-state index is -3.77. The summed E-state index contributed by atoms with van der Waals surface area (Å²) in [6, 6.07) is 15.3. The quantitative estimate of drug-likeness (QED) is 0.656. The van der Waals surface area contributed by atoms with E-state index in [0.717, 1.165) is 5.56 Å². The number of nitrogens with zero attached hydrogens (tertiary/aromatic N) is 1. The van der Waals surface area contributed by atoms with Gasteiger partial charge in [0.2, 0.25) is 5.91 Å². The Balaban J connectivity index is 2.23. The van der Waals surface area contributed by atoms with Gasteiger partial charge in [0.1, 0.15) is 0 Å². The molecule has 2 aromatic rings. The molecule has 0 aliphatic carbocycles. The van der Waals surface area contributed by atoms with Crippen LogP contribution >= 0.6 is 0 Å². The number of carbonyl (C=O) groups is 1. The van der Waals surface area contributed by atoms with Gasteiger partial charge in [-0.05, 0) is 37.6 Å². The molecule has 1 amide bonds. The van der Waals surface area contributed by atoms with Crippen molar-refractivity contribution in [3.63, 3.8) is 0 Å². The highest BCUT2D eigenvalue weighted by Gasteiger charge is 2.25. The molecule has 26 heavy (non-hydrogen) atoms. The van der Waals surface area contributed by atoms with Crippen molar-refractivity contribution < 1.29 is 18.3 Å². The fourth-order valence-corrected chi connectivity index (χ4v) is 3.90. The first-order valence-electron chi connectivity index (χ1n) is 8.47. The molecular formula is C19H24N2O4S. The van der Waals surface area contributed by atoms with Crippen molar-refractivity contribution in [1.82, 2.24) is 5.32 Å². The summed E-state index contributed by atoms with van der Waals surface area (Å²) in [5.41, 5.74) is 1.54. The van der Waals surface area contributed by atoms with Gasteiger partial charge in [0.05, 0.1) is 10.6 Å². The fourth-order valence-electron chi connectivity index (χ4n) is 2.42. The van der Waals surface area contributed by atoms with E-state index in [1.54, 1.807) is 30.3 Å². The molecule has 0 saturated carbocycles. The number of hydrogen-bond donors (Lipinski definition) is 2. The van der Waals surface area contributed by atoms with Gasteiger partial charge in [0, 0.05) is 26.1 Å². The Morgan fingerprint density at radius 3 is 2.35 bits per heavy atom. The molecule has 0 aliphatic heterocycles. The lowest BCUT2D eigenvalue weighted by Crippen LogP contribution is -2.35. The number of aliphatic hydroxyl groups is 1. The zero-order chi connectivity index (χ0) is 19.0. The summed E-state index contributed by atoms with van der Waals surface area (Å²) in [6.07, 6.45) is 0.501. The van der Waals surface area contributed by atoms with Gasteiger partial charge in [0.15, 0.2) is 0 Å². The minimum absolute atomic E-state index is 0.00183. The second-order valence-corrected chi connectivity index (χ2v) is 7.77. The molecule has 0 heterocycles. The molecule has 0 unspecified atom stereocenters. The van der Waals surface area contributed by atoms with Crippen LogP contribution in [0.2, 0.25) is 0 Å². The molecule has 6 nitrogen and oxygen atoms in total. The zero-order valence-corrected chi connectivity index (χ0v) is 15.6. The van der Waals surface area contributed by atoms with Crippen molar-refractivity contribution in [1.29, 1.82) is 0 Å². The van der Waals surface area contributed by atoms with Gasteiger partial charge in [0.25, 0.3) is 10.0 Å². The van der Waals surface area contributed by atoms with Gasteiger partial charge in [-0.3, -0.25) is 9.10 Å². The van der Waals surface area contributed by atoms with Crippen LogP contribution in [0.1, 0.15) is 18.4 Å². The molecule has 7 heteroatoms. The van der Waals surface area contributed by atoms with Crippen molar-refractivity contribution in [3.05, 3.63) is 60.2 Å². The van der Waals surface area contributed by atoms with Gasteiger partial charge < -0.3 is 10.4 Å². The molecule has 0 saturated heterocycles. The fraction of sp³-hybridized carbons (Fsp3) is 0.316. The lowest BCUT2D eigenvalue weighted by atomic mass is 10.2. The average Bonchev–Trinajstić information content (AvgIpc) is 2.64. The van der Waals surface area contributed by atoms with Crippen LogP contribution in [0.15, 0.2) is 59.5 Å². The summed E-state index contributed by atoms with van der Waals surface area (Å²) in [6.45, 7) is 2.32. The summed E-state index contributed by atoms with van der Waals surface area (Å²) < 4.78 is 27.4. The number of aryl methyl sites for hydroxylation is 1. The Bertz CT molecular complexity index is 805. The first-order chi connectivity index (χ1) is 12.4. The molecule has 140 valence electrons. The number of hydrogen-bond acceptors (Lipinski definition) is 4. The van der Waals surface area contributed by atoms with Crippen LogP contribution in [0.4, 0.5) is 5.69 Å². The predicted octanol–water partition coefficient (Wildman–Crippen LogP) is 2.08. The van der Waals surface area contributed by atoms with E-state index >= 15 is 0 Å². The van der Waals surface area contributed by atoms with Crippen LogP contribution in [0.5, 0.6) is 0 Å². The monoisotopic (exact) mass is 376 g/mol. The van der Waals surface area contributed by atoms with Gasteiger partial charge in [-0.2, -0.15) is 0 Å². The smallest absolute Gasteiger partial charge is 0.264 e. The number of nitrogens with one attached hydrogen (secondary N) is 1. The van der Waals surface area contributed by atoms with E-state index in [0.29, 0.717) is 18.7 Å². The normalized spacial score (nSPS) is 11.2. The molecule has 0 spiro atoms. The van der Waals surface area contributed by atoms with E-state index in [9.17, 15) is 13.2 Å². The van der Waals surface area contributed by atoms with E-state index in [-0.39, 0.29) is 30.4 Å². The predicted molar refractivity (Wildman–Crippen MR) is 101 cm³/mol. The highest BCUT2D eigenvalue weighted by atomic mass is 32.2. The Labute approximate surface area is 154 Å². The molecule has 0 fully saturated rings. The molecule has 0 aromatic heterocycles. The Kier molecular flexibility index (Phi) is 7.17. The van der Waals surface area contributed by atoms with Crippen molar-refractivity contribution in [2.24, 2.45) is 0 Å². The lowest BCUT2D eigenvalue weighted by Gasteiger charge is -2.24. The lowest BCUT2D eigenvalue weighted by molar-refractivity contribution is -0.120. The number of benzene rings is 2. The number of rotatable bonds is 9. The molecule has 0 atom stereocenters. The van der Waals surface area contributed by atoms with E-state index in [1.165, 1.54) is 16.4 Å². The highest BCUT2D eigenvalue weighted by Crippen LogP contribution is 2.24. The maximum Gasteiger partial charge on any atom is 0.264 e. The topological polar surface area (TPSA) is 86.7 Å². The molecular weight excluding hydrogens is 352 g/mol. The van der Waals surface area contributed by atoms with Gasteiger partial charge in [-0.1, -0.05) is 35.9 Å². The zero-order valence-electron chi connectivity index (χ0n) is 14.8. The number of amides is 1. The maximum atomic E-state index is 13.1. The van der Waals surface area contributed by atoms with Crippen LogP contribution in [-0.2, 0) is 14.8 Å². The minimum Gasteiger partial charge on any atom is -0.396 e. The molecule has 2 aromatic carbocycles. The van der Waals surface area contributed by atoms with Crippen LogP contribution in [0.25, 0.3) is 0 Å². The van der Waals surface area contributed by atoms with Crippen molar-refractivity contribution in [2.45, 2.75) is 24.7 Å². The SMILES string of the molecule is Cc1ccc(N(CCC(=O)NCCCO)S(=O)(=O)c2ccccc2)cc1.